The molecule has 23 aromatic rings. The molecule has 23 rings (SSSR count). The van der Waals surface area contributed by atoms with E-state index in [-0.39, 0.29) is 66.7 Å². The molecule has 0 aliphatic rings. The number of benzene rings is 20. The summed E-state index contributed by atoms with van der Waals surface area (Å²) in [5.74, 6) is 0. The minimum atomic E-state index is -0.724. The molecule has 3 aromatic heterocycles. The predicted octanol–water partition coefficient (Wildman–Crippen LogP) is 32.3. The largest absolute Gasteiger partial charge is 0.456 e. The minimum Gasteiger partial charge on any atom is -0.456 e. The Morgan fingerprint density at radius 1 is 0.209 bits per heavy atom. The summed E-state index contributed by atoms with van der Waals surface area (Å²) in [7, 11) is 0. The summed E-state index contributed by atoms with van der Waals surface area (Å²) in [6.07, 6.45) is 0. The summed E-state index contributed by atoms with van der Waals surface area (Å²) in [5.41, 5.74) is 14.1. The maximum absolute atomic E-state index is 9.78. The van der Waals surface area contributed by atoms with Gasteiger partial charge in [-0.25, -0.2) is 0 Å². The Bertz CT molecular complexity index is 9170. The van der Waals surface area contributed by atoms with Gasteiger partial charge >= 0.3 is 0 Å². The van der Waals surface area contributed by atoms with Gasteiger partial charge in [0.05, 0.1) is 30.2 Å². The van der Waals surface area contributed by atoms with Gasteiger partial charge in [0.25, 0.3) is 0 Å². The van der Waals surface area contributed by atoms with Gasteiger partial charge in [-0.3, -0.25) is 0 Å². The van der Waals surface area contributed by atoms with Crippen LogP contribution in [0.15, 0.2) is 407 Å². The zero-order valence-corrected chi connectivity index (χ0v) is 62.1. The van der Waals surface area contributed by atoms with Gasteiger partial charge in [0.1, 0.15) is 33.5 Å². The van der Waals surface area contributed by atoms with Crippen molar-refractivity contribution in [2.75, 3.05) is 0 Å². The molecule has 0 saturated heterocycles. The van der Waals surface area contributed by atoms with Gasteiger partial charge in [-0.05, 0) is 232 Å². The third-order valence-electron chi connectivity index (χ3n) is 22.4. The van der Waals surface area contributed by atoms with Gasteiger partial charge in [0.15, 0.2) is 0 Å². The van der Waals surface area contributed by atoms with Crippen LogP contribution in [0, 0.1) is 0 Å². The van der Waals surface area contributed by atoms with Crippen LogP contribution in [0.1, 0.15) is 56.5 Å². The molecule has 0 atom stereocenters. The van der Waals surface area contributed by atoms with Crippen molar-refractivity contribution in [3.63, 3.8) is 0 Å². The summed E-state index contributed by atoms with van der Waals surface area (Å²) in [4.78, 5) is 0. The Morgan fingerprint density at radius 3 is 1.17 bits per heavy atom. The van der Waals surface area contributed by atoms with Crippen molar-refractivity contribution in [2.24, 2.45) is 0 Å². The van der Waals surface area contributed by atoms with Crippen LogP contribution < -0.4 is 0 Å². The number of hydrogen-bond acceptors (Lipinski definition) is 3. The molecule has 0 bridgehead atoms. The van der Waals surface area contributed by atoms with Crippen molar-refractivity contribution in [2.45, 2.75) is 26.2 Å². The van der Waals surface area contributed by atoms with Crippen molar-refractivity contribution in [3.8, 4) is 100 Å². The Kier molecular flexibility index (Phi) is 11.4. The molecule has 0 aliphatic heterocycles. The molecule has 3 nitrogen and oxygen atoms in total. The quantitative estimate of drug-likeness (QED) is 0.135. The van der Waals surface area contributed by atoms with Crippen molar-refractivity contribution in [1.82, 2.24) is 0 Å². The lowest BCUT2D eigenvalue weighted by Gasteiger charge is -2.24. The molecule has 0 N–H and O–H groups in total. The van der Waals surface area contributed by atoms with E-state index in [0.717, 1.165) is 115 Å². The van der Waals surface area contributed by atoms with Gasteiger partial charge < -0.3 is 13.3 Å². The second kappa shape index (κ2) is 27.1. The van der Waals surface area contributed by atoms with Crippen LogP contribution in [-0.2, 0) is 5.41 Å². The summed E-state index contributed by atoms with van der Waals surface area (Å²) in [6, 6.07) is 72.8. The van der Waals surface area contributed by atoms with Crippen molar-refractivity contribution in [3.05, 3.63) is 399 Å². The van der Waals surface area contributed by atoms with Crippen LogP contribution in [0.4, 0.5) is 0 Å². The van der Waals surface area contributed by atoms with Crippen LogP contribution in [0.25, 0.3) is 231 Å². The monoisotopic (exact) mass is 1490 g/mol. The summed E-state index contributed by atoms with van der Waals surface area (Å²) >= 11 is 0. The number of fused-ring (bicyclic) bond motifs is 15. The van der Waals surface area contributed by atoms with Crippen molar-refractivity contribution >= 4 is 130 Å². The van der Waals surface area contributed by atoms with E-state index in [0.29, 0.717) is 60.5 Å². The molecule has 20 aromatic carbocycles. The molecule has 0 saturated carbocycles. The predicted molar refractivity (Wildman–Crippen MR) is 487 cm³/mol. The number of furan rings is 3. The fourth-order valence-electron chi connectivity index (χ4n) is 17.3. The van der Waals surface area contributed by atoms with Gasteiger partial charge in [-0.15, -0.1) is 0 Å². The van der Waals surface area contributed by atoms with Gasteiger partial charge in [0.2, 0.25) is 0 Å². The first-order valence-electron chi connectivity index (χ1n) is 49.0. The standard InChI is InChI=1S/C58H40O2.C54H34O/c1-58(2,3)38-28-29-44-49(34-38)53(35-16-5-4-6-17-35)41-21-9-10-22-42(41)55(44)48-33-37(32-36-18-7-8-19-39(36)48)54-43(30-31-52-56(54)47-23-12-14-27-51(47)59-52)46-25-15-24-45-40-20-11-13-26-50(40)60-57(45)46;1-3-16-35(17-4-1)37-21-15-22-39(32-37)42-30-31-50-54(47-28-13-14-29-49(47)55-50)52(42)40-33-38-20-7-8-23-41(38)48(34-40)53-45-26-11-9-24-43(45)51(36-18-5-2-6-19-36)44-25-10-12-27-46(44)53/h4-34H,1-3H3;1-34H/i4D,5D,6D,9D,10D,16D,17D,21D,22D;2D,5D,6D,9D,10D,11D,12D,18D,19D,24D,25D,26D,27D. The molecule has 3 heterocycles. The lowest BCUT2D eigenvalue weighted by Crippen LogP contribution is -2.10. The van der Waals surface area contributed by atoms with E-state index in [1.807, 2.05) is 212 Å². The molecular weight excluding hydrogens is 1390 g/mol. The Labute approximate surface area is 696 Å². The molecule has 0 unspecified atom stereocenters. The highest BCUT2D eigenvalue weighted by molar-refractivity contribution is 6.28. The lowest BCUT2D eigenvalue weighted by atomic mass is 9.80. The molecule has 0 fully saturated rings. The summed E-state index contributed by atoms with van der Waals surface area (Å²) in [6.45, 7) is 6.19. The van der Waals surface area contributed by atoms with Crippen LogP contribution in [0.2, 0.25) is 0 Å². The fourth-order valence-corrected chi connectivity index (χ4v) is 17.3. The molecule has 0 radical (unpaired) electrons. The highest BCUT2D eigenvalue weighted by Gasteiger charge is 2.28. The summed E-state index contributed by atoms with van der Waals surface area (Å²) < 4.78 is 220. The second-order valence-electron chi connectivity index (χ2n) is 29.9. The minimum absolute atomic E-state index is 0.0556. The maximum atomic E-state index is 9.78. The second-order valence-corrected chi connectivity index (χ2v) is 29.9. The Hall–Kier alpha value is -14.6. The smallest absolute Gasteiger partial charge is 0.143 e. The van der Waals surface area contributed by atoms with E-state index in [2.05, 4.69) is 69.3 Å². The van der Waals surface area contributed by atoms with Crippen molar-refractivity contribution in [1.29, 1.82) is 0 Å². The normalized spacial score (nSPS) is 14.6. The fraction of sp³-hybridized carbons (Fsp3) is 0.0357. The number of para-hydroxylation sites is 4. The zero-order valence-electron chi connectivity index (χ0n) is 84.1. The molecular formula is C112H74O3. The van der Waals surface area contributed by atoms with E-state index in [1.54, 1.807) is 0 Å². The average molecular weight is 1490 g/mol. The first-order chi connectivity index (χ1) is 65.8. The highest BCUT2D eigenvalue weighted by atomic mass is 16.3. The molecule has 540 valence electrons. The van der Waals surface area contributed by atoms with Crippen molar-refractivity contribution < 1.29 is 43.4 Å². The van der Waals surface area contributed by atoms with E-state index in [1.165, 1.54) is 0 Å². The average Bonchev–Trinajstić information content (AvgIpc) is 1.25. The van der Waals surface area contributed by atoms with Crippen LogP contribution in [-0.4, -0.2) is 0 Å². The van der Waals surface area contributed by atoms with Crippen LogP contribution >= 0.6 is 0 Å². The van der Waals surface area contributed by atoms with E-state index in [4.69, 9.17) is 32.4 Å². The van der Waals surface area contributed by atoms with Gasteiger partial charge in [0, 0.05) is 49.0 Å². The van der Waals surface area contributed by atoms with Crippen LogP contribution in [0.5, 0.6) is 0 Å². The third kappa shape index (κ3) is 11.2. The maximum Gasteiger partial charge on any atom is 0.143 e. The SMILES string of the molecule is [2H]c1c([2H])c([2H])c(-c2c3c([2H])c([2H])c([2H])c([2H])c3c(-c3cc(-c4c(-c5cccc(-c6ccccc6)c5)ccc5oc6ccccc6c45)cc4ccccc34)c3c([2H])c([2H])c([2H])c([2H])c23)c([2H])c1[2H].[2H]c1c([2H])c([2H])c(-c2c3cc(C(C)(C)C)ccc3c(-c3cc(-c4c(-c5cccc6c5oc5ccccc56)ccc5oc6ccccc6c45)cc4ccccc34)c3c([2H])c([2H])c([2H])c([2H])c23)c([2H])c1[2H]. The van der Waals surface area contributed by atoms with Crippen LogP contribution in [0.3, 0.4) is 0 Å². The highest BCUT2D eigenvalue weighted by Crippen LogP contribution is 2.54. The first-order valence-corrected chi connectivity index (χ1v) is 38.0. The van der Waals surface area contributed by atoms with Gasteiger partial charge in [-0.1, -0.05) is 342 Å². The Balaban J connectivity index is 0.000000158. The lowest BCUT2D eigenvalue weighted by molar-refractivity contribution is 0.591. The number of hydrogen-bond donors (Lipinski definition) is 0. The van der Waals surface area contributed by atoms with E-state index >= 15 is 0 Å². The third-order valence-corrected chi connectivity index (χ3v) is 22.4. The Morgan fingerprint density at radius 2 is 0.626 bits per heavy atom. The molecule has 0 amide bonds. The van der Waals surface area contributed by atoms with Gasteiger partial charge in [-0.2, -0.15) is 0 Å². The molecule has 0 spiro atoms. The topological polar surface area (TPSA) is 39.4 Å². The summed E-state index contributed by atoms with van der Waals surface area (Å²) in [5, 5.41) is 8.87. The molecule has 3 heteroatoms. The zero-order chi connectivity index (χ0) is 95.6. The first kappa shape index (κ1) is 48.2. The molecule has 0 aliphatic carbocycles. The van der Waals surface area contributed by atoms with E-state index in [9.17, 15) is 11.0 Å². The van der Waals surface area contributed by atoms with E-state index < -0.39 is 132 Å². The number of rotatable bonds is 9. The molecule has 115 heavy (non-hydrogen) atoms.